The van der Waals surface area contributed by atoms with Crippen molar-refractivity contribution >= 4 is 30.9 Å². The molecular formula is C20H26SSi. The average Bonchev–Trinajstić information content (AvgIpc) is 2.61. The first-order valence-corrected chi connectivity index (χ1v) is 11.7. The summed E-state index contributed by atoms with van der Waals surface area (Å²) in [5, 5.41) is 4.51. The van der Waals surface area contributed by atoms with Crippen molar-refractivity contribution in [2.24, 2.45) is 5.92 Å². The van der Waals surface area contributed by atoms with Gasteiger partial charge in [-0.1, -0.05) is 90.3 Å². The molecule has 1 saturated carbocycles. The lowest BCUT2D eigenvalue weighted by Gasteiger charge is -2.22. The number of hydrogen-bond acceptors (Lipinski definition) is 1. The van der Waals surface area contributed by atoms with Gasteiger partial charge >= 0.3 is 0 Å². The zero-order valence-corrected chi connectivity index (χ0v) is 15.3. The van der Waals surface area contributed by atoms with E-state index in [1.807, 2.05) is 0 Å². The van der Waals surface area contributed by atoms with Crippen molar-refractivity contribution in [3.05, 3.63) is 60.7 Å². The maximum atomic E-state index is 2.34. The van der Waals surface area contributed by atoms with Crippen molar-refractivity contribution in [1.29, 1.82) is 0 Å². The number of rotatable bonds is 6. The maximum Gasteiger partial charge on any atom is 0.112 e. The number of hydrogen-bond donors (Lipinski definition) is 0. The van der Waals surface area contributed by atoms with E-state index in [4.69, 9.17) is 0 Å². The van der Waals surface area contributed by atoms with E-state index in [1.165, 1.54) is 43.2 Å². The van der Waals surface area contributed by atoms with Crippen LogP contribution in [-0.4, -0.2) is 19.9 Å². The summed E-state index contributed by atoms with van der Waals surface area (Å²) >= 11 is 2.22. The van der Waals surface area contributed by atoms with Crippen molar-refractivity contribution in [2.75, 3.05) is 11.1 Å². The molecular weight excluding hydrogens is 300 g/mol. The second-order valence-electron chi connectivity index (χ2n) is 6.42. The smallest absolute Gasteiger partial charge is 0.112 e. The summed E-state index contributed by atoms with van der Waals surface area (Å²) in [7, 11) is -1.06. The lowest BCUT2D eigenvalue weighted by Crippen LogP contribution is -2.44. The van der Waals surface area contributed by atoms with Crippen LogP contribution in [0.5, 0.6) is 0 Å². The summed E-state index contributed by atoms with van der Waals surface area (Å²) < 4.78 is 0. The summed E-state index contributed by atoms with van der Waals surface area (Å²) in [6, 6.07) is 22.4. The van der Waals surface area contributed by atoms with E-state index in [1.54, 1.807) is 10.4 Å². The van der Waals surface area contributed by atoms with Crippen LogP contribution in [0.1, 0.15) is 32.1 Å². The second-order valence-corrected chi connectivity index (χ2v) is 10.9. The highest BCUT2D eigenvalue weighted by molar-refractivity contribution is 8.00. The highest BCUT2D eigenvalue weighted by Crippen LogP contribution is 2.26. The van der Waals surface area contributed by atoms with E-state index < -0.39 is 8.80 Å². The van der Waals surface area contributed by atoms with Gasteiger partial charge in [0.15, 0.2) is 0 Å². The summed E-state index contributed by atoms with van der Waals surface area (Å²) in [5.41, 5.74) is 0. The minimum Gasteiger partial charge on any atom is -0.164 e. The highest BCUT2D eigenvalue weighted by atomic mass is 32.2. The Bertz CT molecular complexity index is 495. The van der Waals surface area contributed by atoms with E-state index >= 15 is 0 Å². The molecule has 0 heterocycles. The molecule has 116 valence electrons. The van der Waals surface area contributed by atoms with Crippen LogP contribution < -0.4 is 10.4 Å². The van der Waals surface area contributed by atoms with Crippen LogP contribution >= 0.6 is 11.8 Å². The van der Waals surface area contributed by atoms with Gasteiger partial charge in [0.25, 0.3) is 0 Å². The van der Waals surface area contributed by atoms with Crippen molar-refractivity contribution in [1.82, 2.24) is 0 Å². The summed E-state index contributed by atoms with van der Waals surface area (Å²) in [4.78, 5) is 0. The summed E-state index contributed by atoms with van der Waals surface area (Å²) in [5.74, 6) is 2.36. The van der Waals surface area contributed by atoms with Crippen molar-refractivity contribution in [3.63, 3.8) is 0 Å². The maximum absolute atomic E-state index is 2.34. The lowest BCUT2D eigenvalue weighted by molar-refractivity contribution is 0.391. The molecule has 2 heteroatoms. The van der Waals surface area contributed by atoms with Gasteiger partial charge in [-0.05, 0) is 29.9 Å². The molecule has 0 aliphatic heterocycles. The Hall–Kier alpha value is -0.993. The molecule has 0 saturated heterocycles. The molecule has 2 aromatic rings. The molecule has 0 atom stereocenters. The SMILES string of the molecule is c1ccc([SiH](CSCC2CCCCC2)c2ccccc2)cc1. The Morgan fingerprint density at radius 3 is 1.86 bits per heavy atom. The molecule has 0 bridgehead atoms. The average molecular weight is 327 g/mol. The van der Waals surface area contributed by atoms with Crippen LogP contribution in [0.25, 0.3) is 0 Å². The third-order valence-electron chi connectivity index (χ3n) is 4.77. The third-order valence-corrected chi connectivity index (χ3v) is 10.1. The zero-order chi connectivity index (χ0) is 15.0. The van der Waals surface area contributed by atoms with Crippen LogP contribution in [0.15, 0.2) is 60.7 Å². The number of benzene rings is 2. The predicted molar refractivity (Wildman–Crippen MR) is 103 cm³/mol. The number of thioether (sulfide) groups is 1. The molecule has 0 spiro atoms. The largest absolute Gasteiger partial charge is 0.164 e. The molecule has 0 aromatic heterocycles. The van der Waals surface area contributed by atoms with Gasteiger partial charge in [-0.2, -0.15) is 11.8 Å². The Morgan fingerprint density at radius 2 is 1.32 bits per heavy atom. The molecule has 3 rings (SSSR count). The van der Waals surface area contributed by atoms with Gasteiger partial charge < -0.3 is 0 Å². The topological polar surface area (TPSA) is 0 Å². The molecule has 0 unspecified atom stereocenters. The fourth-order valence-electron chi connectivity index (χ4n) is 3.46. The molecule has 2 aromatic carbocycles. The molecule has 1 aliphatic carbocycles. The van der Waals surface area contributed by atoms with Crippen LogP contribution in [0, 0.1) is 5.92 Å². The molecule has 0 N–H and O–H groups in total. The lowest BCUT2D eigenvalue weighted by atomic mass is 9.91. The summed E-state index contributed by atoms with van der Waals surface area (Å²) in [6.45, 7) is 0. The van der Waals surface area contributed by atoms with Crippen molar-refractivity contribution < 1.29 is 0 Å². The molecule has 0 nitrogen and oxygen atoms in total. The van der Waals surface area contributed by atoms with Gasteiger partial charge in [0.2, 0.25) is 0 Å². The molecule has 0 radical (unpaired) electrons. The van der Waals surface area contributed by atoms with E-state index in [2.05, 4.69) is 72.4 Å². The first-order chi connectivity index (χ1) is 10.9. The second kappa shape index (κ2) is 8.59. The Labute approximate surface area is 141 Å². The normalized spacial score (nSPS) is 16.0. The van der Waals surface area contributed by atoms with Crippen LogP contribution in [0.3, 0.4) is 0 Å². The monoisotopic (exact) mass is 326 g/mol. The minimum absolute atomic E-state index is 0.986. The summed E-state index contributed by atoms with van der Waals surface area (Å²) in [6.07, 6.45) is 7.32. The van der Waals surface area contributed by atoms with Crippen LogP contribution in [0.4, 0.5) is 0 Å². The Kier molecular flexibility index (Phi) is 6.20. The highest BCUT2D eigenvalue weighted by Gasteiger charge is 2.18. The Morgan fingerprint density at radius 1 is 0.773 bits per heavy atom. The van der Waals surface area contributed by atoms with E-state index in [0.717, 1.165) is 5.92 Å². The zero-order valence-electron chi connectivity index (χ0n) is 13.3. The van der Waals surface area contributed by atoms with Gasteiger partial charge in [0.05, 0.1) is 0 Å². The quantitative estimate of drug-likeness (QED) is 0.726. The van der Waals surface area contributed by atoms with Crippen molar-refractivity contribution in [2.45, 2.75) is 32.1 Å². The van der Waals surface area contributed by atoms with Gasteiger partial charge in [-0.15, -0.1) is 0 Å². The molecule has 22 heavy (non-hydrogen) atoms. The molecule has 1 aliphatic rings. The van der Waals surface area contributed by atoms with Gasteiger partial charge in [0, 0.05) is 0 Å². The molecule has 1 fully saturated rings. The molecule has 0 amide bonds. The van der Waals surface area contributed by atoms with Gasteiger partial charge in [-0.3, -0.25) is 0 Å². The van der Waals surface area contributed by atoms with E-state index in [9.17, 15) is 0 Å². The standard InChI is InChI=1S/C20H26SSi/c1-4-10-18(11-5-1)16-21-17-22(19-12-6-2-7-13-19)20-14-8-3-9-15-20/h2-3,6-9,12-15,18,22H,1,4-5,10-11,16-17H2. The van der Waals surface area contributed by atoms with Crippen LogP contribution in [0.2, 0.25) is 0 Å². The fraction of sp³-hybridized carbons (Fsp3) is 0.400. The van der Waals surface area contributed by atoms with E-state index in [0.29, 0.717) is 0 Å². The first-order valence-electron chi connectivity index (χ1n) is 8.61. The third kappa shape index (κ3) is 4.50. The van der Waals surface area contributed by atoms with Gasteiger partial charge in [-0.25, -0.2) is 0 Å². The van der Waals surface area contributed by atoms with E-state index in [-0.39, 0.29) is 0 Å². The Balaban J connectivity index is 1.64. The first kappa shape index (κ1) is 15.9. The minimum atomic E-state index is -1.06. The van der Waals surface area contributed by atoms with Crippen molar-refractivity contribution in [3.8, 4) is 0 Å². The van der Waals surface area contributed by atoms with Crippen LogP contribution in [-0.2, 0) is 0 Å². The predicted octanol–water partition coefficient (Wildman–Crippen LogP) is 3.88. The van der Waals surface area contributed by atoms with Gasteiger partial charge in [0.1, 0.15) is 8.80 Å². The fourth-order valence-corrected chi connectivity index (χ4v) is 8.91.